The lowest BCUT2D eigenvalue weighted by Crippen LogP contribution is -2.19. The monoisotopic (exact) mass is 249 g/mol. The molecular weight excluding hydrogens is 234 g/mol. The third-order valence-electron chi connectivity index (χ3n) is 2.60. The smallest absolute Gasteiger partial charge is 0.324 e. The molecule has 1 aromatic carbocycles. The Morgan fingerprint density at radius 2 is 1.94 bits per heavy atom. The van der Waals surface area contributed by atoms with Crippen LogP contribution in [0.5, 0.6) is 0 Å². The van der Waals surface area contributed by atoms with E-state index in [1.54, 1.807) is 0 Å². The number of benzene rings is 1. The minimum absolute atomic E-state index is 0.161. The topological polar surface area (TPSA) is 26.0 Å². The van der Waals surface area contributed by atoms with Gasteiger partial charge in [-0.15, -0.1) is 0 Å². The first-order valence-corrected chi connectivity index (χ1v) is 5.49. The van der Waals surface area contributed by atoms with E-state index in [-0.39, 0.29) is 5.56 Å². The van der Waals surface area contributed by atoms with Gasteiger partial charge in [0.2, 0.25) is 0 Å². The Hall–Kier alpha value is -1.10. The van der Waals surface area contributed by atoms with Crippen LogP contribution in [0.25, 0.3) is 0 Å². The molecule has 0 saturated heterocycles. The third-order valence-corrected chi connectivity index (χ3v) is 2.60. The molecule has 0 fully saturated rings. The molecule has 0 aromatic heterocycles. The van der Waals surface area contributed by atoms with Crippen molar-refractivity contribution in [3.8, 4) is 0 Å². The highest BCUT2D eigenvalue weighted by Crippen LogP contribution is 2.36. The van der Waals surface area contributed by atoms with Gasteiger partial charge in [-0.25, -0.2) is 4.39 Å². The number of hydrogen-bond acceptors (Lipinski definition) is 1. The fraction of sp³-hybridized carbons (Fsp3) is 0.500. The Kier molecular flexibility index (Phi) is 4.51. The van der Waals surface area contributed by atoms with Crippen LogP contribution in [-0.2, 0) is 6.18 Å². The summed E-state index contributed by atoms with van der Waals surface area (Å²) in [5.41, 5.74) is 4.29. The van der Waals surface area contributed by atoms with Crippen molar-refractivity contribution in [3.63, 3.8) is 0 Å². The van der Waals surface area contributed by atoms with E-state index in [9.17, 15) is 17.6 Å². The number of unbranched alkanes of at least 4 members (excludes halogenated alkanes) is 1. The molecule has 1 aromatic rings. The quantitative estimate of drug-likeness (QED) is 0.801. The maximum absolute atomic E-state index is 13.3. The van der Waals surface area contributed by atoms with Crippen LogP contribution in [0, 0.1) is 5.82 Å². The summed E-state index contributed by atoms with van der Waals surface area (Å²) in [4.78, 5) is 0. The van der Waals surface area contributed by atoms with Gasteiger partial charge in [-0.05, 0) is 18.1 Å². The van der Waals surface area contributed by atoms with Crippen LogP contribution < -0.4 is 5.73 Å². The van der Waals surface area contributed by atoms with Gasteiger partial charge in [0.25, 0.3) is 0 Å². The number of hydrogen-bond donors (Lipinski definition) is 1. The van der Waals surface area contributed by atoms with E-state index in [0.717, 1.165) is 18.9 Å². The Morgan fingerprint density at radius 1 is 1.29 bits per heavy atom. The van der Waals surface area contributed by atoms with Gasteiger partial charge in [0.15, 0.2) is 0 Å². The summed E-state index contributed by atoms with van der Waals surface area (Å²) in [5.74, 6) is -1.26. The van der Waals surface area contributed by atoms with Gasteiger partial charge >= 0.3 is 6.18 Å². The second-order valence-electron chi connectivity index (χ2n) is 3.95. The summed E-state index contributed by atoms with van der Waals surface area (Å²) in [6.07, 6.45) is -2.73. The molecule has 0 spiro atoms. The van der Waals surface area contributed by atoms with Crippen LogP contribution in [0.2, 0.25) is 0 Å². The minimum Gasteiger partial charge on any atom is -0.324 e. The van der Waals surface area contributed by atoms with Crippen LogP contribution >= 0.6 is 0 Å². The van der Waals surface area contributed by atoms with Gasteiger partial charge in [0, 0.05) is 6.04 Å². The van der Waals surface area contributed by atoms with Crippen LogP contribution in [0.1, 0.15) is 43.4 Å². The van der Waals surface area contributed by atoms with Crippen LogP contribution in [-0.4, -0.2) is 0 Å². The van der Waals surface area contributed by atoms with Crippen molar-refractivity contribution in [1.29, 1.82) is 0 Å². The van der Waals surface area contributed by atoms with Gasteiger partial charge in [-0.1, -0.05) is 31.9 Å². The molecule has 0 bridgehead atoms. The Balaban J connectivity index is 3.11. The molecule has 1 atom stereocenters. The maximum Gasteiger partial charge on any atom is 0.419 e. The van der Waals surface area contributed by atoms with Gasteiger partial charge < -0.3 is 5.73 Å². The number of rotatable bonds is 4. The fourth-order valence-electron chi connectivity index (χ4n) is 1.73. The molecule has 1 rings (SSSR count). The van der Waals surface area contributed by atoms with E-state index in [2.05, 4.69) is 0 Å². The predicted octanol–water partition coefficient (Wildman–Crippen LogP) is 4.03. The van der Waals surface area contributed by atoms with Crippen molar-refractivity contribution in [2.45, 2.75) is 38.4 Å². The van der Waals surface area contributed by atoms with Crippen molar-refractivity contribution >= 4 is 0 Å². The summed E-state index contributed by atoms with van der Waals surface area (Å²) in [6.45, 7) is 1.92. The molecule has 2 N–H and O–H groups in total. The van der Waals surface area contributed by atoms with Crippen molar-refractivity contribution < 1.29 is 17.6 Å². The second kappa shape index (κ2) is 5.49. The van der Waals surface area contributed by atoms with Crippen LogP contribution in [0.4, 0.5) is 17.6 Å². The fourth-order valence-corrected chi connectivity index (χ4v) is 1.73. The second-order valence-corrected chi connectivity index (χ2v) is 3.95. The Morgan fingerprint density at radius 3 is 2.47 bits per heavy atom. The molecule has 17 heavy (non-hydrogen) atoms. The van der Waals surface area contributed by atoms with Crippen molar-refractivity contribution in [2.24, 2.45) is 5.73 Å². The lowest BCUT2D eigenvalue weighted by Gasteiger charge is -2.18. The third kappa shape index (κ3) is 3.43. The molecule has 0 saturated carbocycles. The normalized spacial score (nSPS) is 13.8. The number of halogens is 4. The van der Waals surface area contributed by atoms with Crippen LogP contribution in [0.3, 0.4) is 0 Å². The van der Waals surface area contributed by atoms with E-state index < -0.39 is 23.6 Å². The lowest BCUT2D eigenvalue weighted by atomic mass is 9.96. The predicted molar refractivity (Wildman–Crippen MR) is 57.9 cm³/mol. The van der Waals surface area contributed by atoms with Gasteiger partial charge in [0.05, 0.1) is 5.56 Å². The summed E-state index contributed by atoms with van der Waals surface area (Å²) >= 11 is 0. The molecule has 0 amide bonds. The summed E-state index contributed by atoms with van der Waals surface area (Å²) < 4.78 is 51.3. The molecule has 0 aliphatic heterocycles. The van der Waals surface area contributed by atoms with Gasteiger partial charge in [-0.3, -0.25) is 0 Å². The minimum atomic E-state index is -4.70. The molecule has 96 valence electrons. The number of alkyl halides is 3. The first kappa shape index (κ1) is 14.0. The number of nitrogens with two attached hydrogens (primary N) is 1. The zero-order chi connectivity index (χ0) is 13.1. The van der Waals surface area contributed by atoms with E-state index in [1.807, 2.05) is 6.92 Å². The van der Waals surface area contributed by atoms with Crippen molar-refractivity contribution in [2.75, 3.05) is 0 Å². The highest BCUT2D eigenvalue weighted by Gasteiger charge is 2.37. The SMILES string of the molecule is CCCC[C@@H](N)c1cccc(F)c1C(F)(F)F. The summed E-state index contributed by atoms with van der Waals surface area (Å²) in [5, 5.41) is 0. The molecule has 0 aliphatic carbocycles. The summed E-state index contributed by atoms with van der Waals surface area (Å²) in [7, 11) is 0. The molecule has 0 radical (unpaired) electrons. The molecular formula is C12H15F4N. The Labute approximate surface area is 97.6 Å². The average Bonchev–Trinajstić information content (AvgIpc) is 2.23. The first-order valence-electron chi connectivity index (χ1n) is 5.49. The average molecular weight is 249 g/mol. The largest absolute Gasteiger partial charge is 0.419 e. The molecule has 1 nitrogen and oxygen atoms in total. The van der Waals surface area contributed by atoms with Crippen molar-refractivity contribution in [1.82, 2.24) is 0 Å². The lowest BCUT2D eigenvalue weighted by molar-refractivity contribution is -0.140. The van der Waals surface area contributed by atoms with E-state index in [4.69, 9.17) is 5.73 Å². The van der Waals surface area contributed by atoms with Crippen LogP contribution in [0.15, 0.2) is 18.2 Å². The van der Waals surface area contributed by atoms with E-state index >= 15 is 0 Å². The maximum atomic E-state index is 13.3. The molecule has 0 unspecified atom stereocenters. The highest BCUT2D eigenvalue weighted by atomic mass is 19.4. The highest BCUT2D eigenvalue weighted by molar-refractivity contribution is 5.33. The van der Waals surface area contributed by atoms with Gasteiger partial charge in [-0.2, -0.15) is 13.2 Å². The van der Waals surface area contributed by atoms with Gasteiger partial charge in [0.1, 0.15) is 5.82 Å². The van der Waals surface area contributed by atoms with E-state index in [1.165, 1.54) is 12.1 Å². The molecule has 0 heterocycles. The Bertz CT molecular complexity index is 373. The standard InChI is InChI=1S/C12H15F4N/c1-2-3-7-10(17)8-5-4-6-9(13)11(8)12(14,15)16/h4-6,10H,2-3,7,17H2,1H3/t10-/m1/s1. The van der Waals surface area contributed by atoms with E-state index in [0.29, 0.717) is 6.42 Å². The van der Waals surface area contributed by atoms with Crippen molar-refractivity contribution in [3.05, 3.63) is 35.1 Å². The zero-order valence-electron chi connectivity index (χ0n) is 9.52. The summed E-state index contributed by atoms with van der Waals surface area (Å²) in [6, 6.07) is 2.53. The molecule has 5 heteroatoms. The molecule has 0 aliphatic rings. The zero-order valence-corrected chi connectivity index (χ0v) is 9.52. The first-order chi connectivity index (χ1) is 7.88.